The molecule has 0 saturated heterocycles. The zero-order chi connectivity index (χ0) is 13.1. The third-order valence-corrected chi connectivity index (χ3v) is 2.35. The molecular formula is C13H10FN3O. The Balaban J connectivity index is 2.40. The standard InChI is InChI=1S/C13H10FN3O/c1-8-2-3-10(14)5-12(8)18-13-9(6-15)4-11(16)7-17-13/h2-5,7H,16H2,1H3. The van der Waals surface area contributed by atoms with Crippen molar-refractivity contribution in [3.8, 4) is 17.7 Å². The van der Waals surface area contributed by atoms with E-state index in [1.807, 2.05) is 6.07 Å². The number of halogens is 1. The second-order valence-electron chi connectivity index (χ2n) is 3.75. The highest BCUT2D eigenvalue weighted by molar-refractivity contribution is 5.50. The molecule has 0 radical (unpaired) electrons. The van der Waals surface area contributed by atoms with Gasteiger partial charge in [0.2, 0.25) is 5.88 Å². The highest BCUT2D eigenvalue weighted by Crippen LogP contribution is 2.27. The molecule has 0 aliphatic heterocycles. The molecule has 0 aliphatic rings. The molecule has 0 fully saturated rings. The van der Waals surface area contributed by atoms with Gasteiger partial charge in [-0.1, -0.05) is 6.07 Å². The topological polar surface area (TPSA) is 71.9 Å². The summed E-state index contributed by atoms with van der Waals surface area (Å²) < 4.78 is 18.5. The molecule has 5 heteroatoms. The van der Waals surface area contributed by atoms with E-state index in [-0.39, 0.29) is 11.4 Å². The van der Waals surface area contributed by atoms with Crippen LogP contribution in [-0.4, -0.2) is 4.98 Å². The van der Waals surface area contributed by atoms with Crippen molar-refractivity contribution in [2.45, 2.75) is 6.92 Å². The second kappa shape index (κ2) is 4.72. The number of aromatic nitrogens is 1. The van der Waals surface area contributed by atoms with Gasteiger partial charge in [0.25, 0.3) is 0 Å². The van der Waals surface area contributed by atoms with Crippen molar-refractivity contribution in [1.82, 2.24) is 4.98 Å². The van der Waals surface area contributed by atoms with E-state index < -0.39 is 5.82 Å². The summed E-state index contributed by atoms with van der Waals surface area (Å²) in [7, 11) is 0. The highest BCUT2D eigenvalue weighted by atomic mass is 19.1. The van der Waals surface area contributed by atoms with Crippen molar-refractivity contribution in [2.24, 2.45) is 0 Å². The lowest BCUT2D eigenvalue weighted by Crippen LogP contribution is -1.96. The number of pyridine rings is 1. The molecule has 2 N–H and O–H groups in total. The molecule has 0 bridgehead atoms. The summed E-state index contributed by atoms with van der Waals surface area (Å²) in [5, 5.41) is 8.95. The van der Waals surface area contributed by atoms with E-state index in [1.54, 1.807) is 13.0 Å². The summed E-state index contributed by atoms with van der Waals surface area (Å²) in [4.78, 5) is 3.92. The number of hydrogen-bond donors (Lipinski definition) is 1. The minimum absolute atomic E-state index is 0.111. The number of aryl methyl sites for hydroxylation is 1. The van der Waals surface area contributed by atoms with Gasteiger partial charge in [-0.2, -0.15) is 5.26 Å². The molecule has 90 valence electrons. The maximum atomic E-state index is 13.1. The number of nitriles is 1. The van der Waals surface area contributed by atoms with Gasteiger partial charge in [-0.25, -0.2) is 9.37 Å². The summed E-state index contributed by atoms with van der Waals surface area (Å²) >= 11 is 0. The third-order valence-electron chi connectivity index (χ3n) is 2.35. The van der Waals surface area contributed by atoms with Gasteiger partial charge < -0.3 is 10.5 Å². The lowest BCUT2D eigenvalue weighted by Gasteiger charge is -2.09. The Hall–Kier alpha value is -2.61. The molecule has 1 heterocycles. The number of nitrogens with two attached hydrogens (primary N) is 1. The summed E-state index contributed by atoms with van der Waals surface area (Å²) in [5.41, 5.74) is 6.85. The molecule has 0 spiro atoms. The molecule has 0 amide bonds. The smallest absolute Gasteiger partial charge is 0.237 e. The fourth-order valence-electron chi connectivity index (χ4n) is 1.42. The van der Waals surface area contributed by atoms with Gasteiger partial charge in [0.15, 0.2) is 0 Å². The van der Waals surface area contributed by atoms with Crippen molar-refractivity contribution in [3.63, 3.8) is 0 Å². The minimum Gasteiger partial charge on any atom is -0.437 e. The first-order valence-electron chi connectivity index (χ1n) is 5.20. The van der Waals surface area contributed by atoms with Crippen LogP contribution in [-0.2, 0) is 0 Å². The van der Waals surface area contributed by atoms with Gasteiger partial charge in [0, 0.05) is 6.07 Å². The van der Waals surface area contributed by atoms with Crippen LogP contribution in [0.25, 0.3) is 0 Å². The van der Waals surface area contributed by atoms with Crippen molar-refractivity contribution in [1.29, 1.82) is 5.26 Å². The molecule has 1 aromatic heterocycles. The van der Waals surface area contributed by atoms with Crippen molar-refractivity contribution < 1.29 is 9.13 Å². The van der Waals surface area contributed by atoms with Gasteiger partial charge in [-0.15, -0.1) is 0 Å². The Labute approximate surface area is 103 Å². The van der Waals surface area contributed by atoms with Gasteiger partial charge in [0.1, 0.15) is 23.2 Å². The number of benzene rings is 1. The van der Waals surface area contributed by atoms with E-state index in [0.29, 0.717) is 11.4 Å². The third kappa shape index (κ3) is 2.38. The monoisotopic (exact) mass is 243 g/mol. The summed E-state index contributed by atoms with van der Waals surface area (Å²) in [6, 6.07) is 7.56. The average Bonchev–Trinajstić information content (AvgIpc) is 2.36. The van der Waals surface area contributed by atoms with Crippen LogP contribution in [0.1, 0.15) is 11.1 Å². The molecule has 1 aromatic carbocycles. The Kier molecular flexibility index (Phi) is 3.11. The molecule has 0 aliphatic carbocycles. The van der Waals surface area contributed by atoms with Gasteiger partial charge in [-0.3, -0.25) is 0 Å². The predicted molar refractivity (Wildman–Crippen MR) is 64.6 cm³/mol. The highest BCUT2D eigenvalue weighted by Gasteiger charge is 2.09. The number of hydrogen-bond acceptors (Lipinski definition) is 4. The molecule has 0 atom stereocenters. The van der Waals surface area contributed by atoms with Gasteiger partial charge in [-0.05, 0) is 24.6 Å². The number of rotatable bonds is 2. The van der Waals surface area contributed by atoms with E-state index >= 15 is 0 Å². The largest absolute Gasteiger partial charge is 0.437 e. The molecule has 18 heavy (non-hydrogen) atoms. The van der Waals surface area contributed by atoms with Crippen molar-refractivity contribution >= 4 is 5.69 Å². The predicted octanol–water partition coefficient (Wildman–Crippen LogP) is 2.78. The molecule has 0 saturated carbocycles. The van der Waals surface area contributed by atoms with Crippen LogP contribution in [0.15, 0.2) is 30.5 Å². The minimum atomic E-state index is -0.412. The Morgan fingerprint density at radius 2 is 2.17 bits per heavy atom. The molecule has 0 unspecified atom stereocenters. The van der Waals surface area contributed by atoms with E-state index in [1.165, 1.54) is 24.4 Å². The van der Waals surface area contributed by atoms with Gasteiger partial charge >= 0.3 is 0 Å². The second-order valence-corrected chi connectivity index (χ2v) is 3.75. The number of anilines is 1. The summed E-state index contributed by atoms with van der Waals surface area (Å²) in [6.45, 7) is 1.78. The maximum Gasteiger partial charge on any atom is 0.237 e. The first-order valence-corrected chi connectivity index (χ1v) is 5.20. The quantitative estimate of drug-likeness (QED) is 0.880. The lowest BCUT2D eigenvalue weighted by molar-refractivity contribution is 0.453. The molecule has 2 rings (SSSR count). The van der Waals surface area contributed by atoms with E-state index in [0.717, 1.165) is 5.56 Å². The number of ether oxygens (including phenoxy) is 1. The molecule has 4 nitrogen and oxygen atoms in total. The van der Waals surface area contributed by atoms with E-state index in [9.17, 15) is 4.39 Å². The Morgan fingerprint density at radius 1 is 1.39 bits per heavy atom. The van der Waals surface area contributed by atoms with Crippen LogP contribution in [0.4, 0.5) is 10.1 Å². The van der Waals surface area contributed by atoms with Crippen LogP contribution in [0, 0.1) is 24.1 Å². The fraction of sp³-hybridized carbons (Fsp3) is 0.0769. The average molecular weight is 243 g/mol. The van der Waals surface area contributed by atoms with E-state index in [4.69, 9.17) is 15.7 Å². The molecule has 2 aromatic rings. The SMILES string of the molecule is Cc1ccc(F)cc1Oc1ncc(N)cc1C#N. The van der Waals surface area contributed by atoms with Crippen LogP contribution < -0.4 is 10.5 Å². The number of nitrogen functional groups attached to an aromatic ring is 1. The normalized spacial score (nSPS) is 9.83. The molecular weight excluding hydrogens is 233 g/mol. The van der Waals surface area contributed by atoms with Crippen LogP contribution in [0.3, 0.4) is 0 Å². The first-order chi connectivity index (χ1) is 8.60. The zero-order valence-corrected chi connectivity index (χ0v) is 9.64. The van der Waals surface area contributed by atoms with Crippen LogP contribution in [0.2, 0.25) is 0 Å². The first kappa shape index (κ1) is 11.9. The van der Waals surface area contributed by atoms with Crippen LogP contribution in [0.5, 0.6) is 11.6 Å². The Bertz CT molecular complexity index is 635. The van der Waals surface area contributed by atoms with E-state index in [2.05, 4.69) is 4.98 Å². The van der Waals surface area contributed by atoms with Gasteiger partial charge in [0.05, 0.1) is 11.9 Å². The summed E-state index contributed by atoms with van der Waals surface area (Å²) in [6.07, 6.45) is 1.38. The zero-order valence-electron chi connectivity index (χ0n) is 9.64. The number of nitrogens with zero attached hydrogens (tertiary/aromatic N) is 2. The summed E-state index contributed by atoms with van der Waals surface area (Å²) in [5.74, 6) is 0.0220. The Morgan fingerprint density at radius 3 is 2.89 bits per heavy atom. The fourth-order valence-corrected chi connectivity index (χ4v) is 1.42. The van der Waals surface area contributed by atoms with Crippen molar-refractivity contribution in [2.75, 3.05) is 5.73 Å². The van der Waals surface area contributed by atoms with Crippen molar-refractivity contribution in [3.05, 3.63) is 47.4 Å². The maximum absolute atomic E-state index is 13.1. The van der Waals surface area contributed by atoms with Crippen LogP contribution >= 0.6 is 0 Å². The lowest BCUT2D eigenvalue weighted by atomic mass is 10.2.